The summed E-state index contributed by atoms with van der Waals surface area (Å²) in [6.45, 7) is 4.13. The Morgan fingerprint density at radius 3 is 2.62 bits per heavy atom. The fourth-order valence-corrected chi connectivity index (χ4v) is 2.15. The number of aryl methyl sites for hydroxylation is 2. The van der Waals surface area contributed by atoms with Crippen LogP contribution in [-0.4, -0.2) is 0 Å². The summed E-state index contributed by atoms with van der Waals surface area (Å²) in [5.74, 6) is 0. The van der Waals surface area contributed by atoms with Crippen LogP contribution in [0.5, 0.6) is 0 Å². The van der Waals surface area contributed by atoms with E-state index in [0.29, 0.717) is 0 Å². The summed E-state index contributed by atoms with van der Waals surface area (Å²) in [6, 6.07) is 12.1. The first-order valence-corrected chi connectivity index (χ1v) is 5.95. The van der Waals surface area contributed by atoms with Gasteiger partial charge in [0.15, 0.2) is 0 Å². The van der Waals surface area contributed by atoms with Crippen molar-refractivity contribution in [2.45, 2.75) is 13.8 Å². The topological polar surface area (TPSA) is 13.1 Å². The molecule has 16 heavy (non-hydrogen) atoms. The van der Waals surface area contributed by atoms with E-state index >= 15 is 0 Å². The molecule has 0 bridgehead atoms. The second kappa shape index (κ2) is 4.71. The third-order valence-electron chi connectivity index (χ3n) is 2.53. The van der Waals surface area contributed by atoms with Crippen molar-refractivity contribution in [1.29, 1.82) is 0 Å². The fourth-order valence-electron chi connectivity index (χ4n) is 1.58. The first-order valence-electron chi connectivity index (χ1n) is 5.16. The number of hydrogen-bond donors (Lipinski definition) is 0. The first-order chi connectivity index (χ1) is 7.68. The Morgan fingerprint density at radius 1 is 1.06 bits per heavy atom. The minimum Gasteiger partial charge on any atom is -0.464 e. The summed E-state index contributed by atoms with van der Waals surface area (Å²) in [5, 5.41) is 1.12. The summed E-state index contributed by atoms with van der Waals surface area (Å²) in [4.78, 5) is 0. The molecule has 1 aromatic heterocycles. The number of rotatable bonds is 0. The van der Waals surface area contributed by atoms with Crippen LogP contribution in [-0.2, 0) is 0 Å². The summed E-state index contributed by atoms with van der Waals surface area (Å²) in [6.07, 6.45) is 1.73. The Balaban J connectivity index is 2.97. The van der Waals surface area contributed by atoms with Crippen LogP contribution in [0.4, 0.5) is 0 Å². The zero-order valence-corrected chi connectivity index (χ0v) is 10.9. The van der Waals surface area contributed by atoms with Gasteiger partial charge in [-0.05, 0) is 43.2 Å². The van der Waals surface area contributed by atoms with Gasteiger partial charge in [-0.1, -0.05) is 34.1 Å². The van der Waals surface area contributed by atoms with E-state index in [0.717, 1.165) is 21.0 Å². The van der Waals surface area contributed by atoms with Gasteiger partial charge in [0.1, 0.15) is 5.58 Å². The van der Waals surface area contributed by atoms with Crippen LogP contribution in [0.2, 0.25) is 0 Å². The number of hydrogen-bond acceptors (Lipinski definition) is 1. The fraction of sp³-hybridized carbons (Fsp3) is 0.143. The van der Waals surface area contributed by atoms with Crippen molar-refractivity contribution in [3.8, 4) is 0 Å². The van der Waals surface area contributed by atoms with Gasteiger partial charge in [-0.25, -0.2) is 0 Å². The Bertz CT molecular complexity index is 568. The quantitative estimate of drug-likeness (QED) is 0.665. The molecule has 0 aliphatic heterocycles. The number of fused-ring (bicyclic) bond motifs is 1. The highest BCUT2D eigenvalue weighted by molar-refractivity contribution is 9.10. The van der Waals surface area contributed by atoms with Gasteiger partial charge >= 0.3 is 0 Å². The molecular weight excluding hydrogens is 264 g/mol. The van der Waals surface area contributed by atoms with Crippen molar-refractivity contribution >= 4 is 26.9 Å². The number of halogens is 1. The minimum absolute atomic E-state index is 0.885. The minimum atomic E-state index is 0.885. The molecule has 82 valence electrons. The molecule has 0 radical (unpaired) electrons. The molecule has 0 amide bonds. The Hall–Kier alpha value is -1.28. The van der Waals surface area contributed by atoms with Crippen molar-refractivity contribution in [2.75, 3.05) is 0 Å². The second-order valence-corrected chi connectivity index (χ2v) is 4.63. The average Bonchev–Trinajstić information content (AvgIpc) is 2.32. The van der Waals surface area contributed by atoms with Crippen LogP contribution in [0.15, 0.2) is 51.6 Å². The van der Waals surface area contributed by atoms with Crippen LogP contribution < -0.4 is 0 Å². The lowest BCUT2D eigenvalue weighted by atomic mass is 10.1. The van der Waals surface area contributed by atoms with Gasteiger partial charge in [-0.3, -0.25) is 0 Å². The maximum atomic E-state index is 5.62. The summed E-state index contributed by atoms with van der Waals surface area (Å²) in [5.41, 5.74) is 3.22. The van der Waals surface area contributed by atoms with Gasteiger partial charge in [0, 0.05) is 9.86 Å². The van der Waals surface area contributed by atoms with Crippen LogP contribution >= 0.6 is 15.9 Å². The molecule has 0 aliphatic rings. The standard InChI is InChI=1S/C14H13BrO/c1-10-7-8-16-14-6-4-3-5-12(14)11(2)13(15)9-10/h3-9H,1-2H3. The summed E-state index contributed by atoms with van der Waals surface area (Å²) >= 11 is 3.60. The van der Waals surface area contributed by atoms with Crippen LogP contribution in [0.25, 0.3) is 11.0 Å². The van der Waals surface area contributed by atoms with E-state index in [1.165, 1.54) is 5.56 Å². The molecule has 0 saturated heterocycles. The van der Waals surface area contributed by atoms with Gasteiger partial charge in [-0.15, -0.1) is 0 Å². The maximum absolute atomic E-state index is 5.62. The molecule has 1 nitrogen and oxygen atoms in total. The van der Waals surface area contributed by atoms with Gasteiger partial charge in [0.25, 0.3) is 0 Å². The highest BCUT2D eigenvalue weighted by Crippen LogP contribution is 2.22. The van der Waals surface area contributed by atoms with Gasteiger partial charge in [0.05, 0.1) is 6.26 Å². The largest absolute Gasteiger partial charge is 0.464 e. The average molecular weight is 277 g/mol. The molecule has 0 spiro atoms. The summed E-state index contributed by atoms with van der Waals surface area (Å²) in [7, 11) is 0. The molecule has 0 N–H and O–H groups in total. The van der Waals surface area contributed by atoms with Crippen molar-refractivity contribution in [3.05, 3.63) is 58.3 Å². The number of para-hydroxylation sites is 1. The van der Waals surface area contributed by atoms with Crippen molar-refractivity contribution in [1.82, 2.24) is 0 Å². The molecule has 0 saturated carbocycles. The van der Waals surface area contributed by atoms with E-state index in [2.05, 4.69) is 35.0 Å². The lowest BCUT2D eigenvalue weighted by molar-refractivity contribution is 0.606. The lowest BCUT2D eigenvalue weighted by Gasteiger charge is -1.97. The molecule has 0 unspecified atom stereocenters. The van der Waals surface area contributed by atoms with E-state index in [9.17, 15) is 0 Å². The van der Waals surface area contributed by atoms with Gasteiger partial charge < -0.3 is 4.42 Å². The smallest absolute Gasteiger partial charge is 0.134 e. The summed E-state index contributed by atoms with van der Waals surface area (Å²) < 4.78 is 6.71. The maximum Gasteiger partial charge on any atom is 0.134 e. The van der Waals surface area contributed by atoms with Crippen LogP contribution in [0.1, 0.15) is 11.1 Å². The van der Waals surface area contributed by atoms with Gasteiger partial charge in [-0.2, -0.15) is 0 Å². The molecule has 0 atom stereocenters. The predicted molar refractivity (Wildman–Crippen MR) is 71.0 cm³/mol. The molecule has 2 aromatic rings. The van der Waals surface area contributed by atoms with E-state index < -0.39 is 0 Å². The molecule has 0 aliphatic carbocycles. The molecule has 0 fully saturated rings. The highest BCUT2D eigenvalue weighted by atomic mass is 79.9. The molecule has 2 heteroatoms. The zero-order valence-electron chi connectivity index (χ0n) is 9.33. The van der Waals surface area contributed by atoms with Crippen molar-refractivity contribution in [2.24, 2.45) is 0 Å². The Morgan fingerprint density at radius 2 is 1.81 bits per heavy atom. The van der Waals surface area contributed by atoms with Crippen molar-refractivity contribution < 1.29 is 4.42 Å². The highest BCUT2D eigenvalue weighted by Gasteiger charge is 1.98. The van der Waals surface area contributed by atoms with Crippen LogP contribution in [0, 0.1) is 13.8 Å². The third kappa shape index (κ3) is 2.27. The number of benzene rings is 1. The Kier molecular flexibility index (Phi) is 3.30. The first kappa shape index (κ1) is 11.2. The normalized spacial score (nSPS) is 10.2. The second-order valence-electron chi connectivity index (χ2n) is 3.78. The molecule has 1 aromatic carbocycles. The van der Waals surface area contributed by atoms with E-state index in [-0.39, 0.29) is 0 Å². The van der Waals surface area contributed by atoms with E-state index in [1.54, 1.807) is 6.26 Å². The third-order valence-corrected chi connectivity index (χ3v) is 3.35. The zero-order chi connectivity index (χ0) is 11.5. The molecule has 1 heterocycles. The van der Waals surface area contributed by atoms with Crippen LogP contribution in [0.3, 0.4) is 0 Å². The van der Waals surface area contributed by atoms with Gasteiger partial charge in [0.2, 0.25) is 0 Å². The SMILES string of the molecule is Cc1ccoc2ccccc2c(C)c(Br)c1. The van der Waals surface area contributed by atoms with Crippen molar-refractivity contribution in [3.63, 3.8) is 0 Å². The Labute approximate surface area is 104 Å². The molecular formula is C14H13BrO. The molecule has 2 rings (SSSR count). The lowest BCUT2D eigenvalue weighted by Crippen LogP contribution is -1.75. The van der Waals surface area contributed by atoms with E-state index in [1.807, 2.05) is 31.2 Å². The monoisotopic (exact) mass is 276 g/mol. The van der Waals surface area contributed by atoms with E-state index in [4.69, 9.17) is 4.42 Å². The predicted octanol–water partition coefficient (Wildman–Crippen LogP) is 4.94.